The van der Waals surface area contributed by atoms with Crippen molar-refractivity contribution in [2.24, 2.45) is 23.5 Å². The second-order valence-corrected chi connectivity index (χ2v) is 14.9. The number of nitrogens with one attached hydrogen (secondary N) is 4. The van der Waals surface area contributed by atoms with Gasteiger partial charge in [0.25, 0.3) is 11.8 Å². The molecule has 7 N–H and O–H groups in total. The summed E-state index contributed by atoms with van der Waals surface area (Å²) in [7, 11) is 1.49. The number of amides is 6. The monoisotopic (exact) mass is 758 g/mol. The van der Waals surface area contributed by atoms with Crippen LogP contribution in [0.15, 0.2) is 54.6 Å². The van der Waals surface area contributed by atoms with Gasteiger partial charge < -0.3 is 37.0 Å². The van der Waals surface area contributed by atoms with Crippen LogP contribution in [0.5, 0.6) is 0 Å². The van der Waals surface area contributed by atoms with Crippen molar-refractivity contribution < 1.29 is 43.5 Å². The number of carbonyl (C=O) groups excluding carboxylic acids is 7. The first-order valence-corrected chi connectivity index (χ1v) is 19.0. The van der Waals surface area contributed by atoms with E-state index in [1.54, 1.807) is 36.4 Å². The Balaban J connectivity index is 1.28. The van der Waals surface area contributed by atoms with Crippen molar-refractivity contribution in [1.29, 1.82) is 0 Å². The van der Waals surface area contributed by atoms with Gasteiger partial charge >= 0.3 is 5.97 Å². The van der Waals surface area contributed by atoms with Gasteiger partial charge in [-0.1, -0.05) is 87.4 Å². The fourth-order valence-corrected chi connectivity index (χ4v) is 7.19. The number of likely N-dealkylation sites (N-methyl/N-ethyl adjacent to an activating group) is 1. The Morgan fingerprint density at radius 3 is 1.96 bits per heavy atom. The van der Waals surface area contributed by atoms with Crippen LogP contribution in [0.25, 0.3) is 0 Å². The molecule has 0 spiro atoms. The third kappa shape index (κ3) is 11.2. The first-order chi connectivity index (χ1) is 26.3. The molecular formula is C40H50N6O9. The normalized spacial score (nSPS) is 17.7. The molecule has 1 unspecified atom stereocenters. The summed E-state index contributed by atoms with van der Waals surface area (Å²) in [5.74, 6) is -6.71. The van der Waals surface area contributed by atoms with E-state index in [0.29, 0.717) is 24.8 Å². The second kappa shape index (κ2) is 18.6. The van der Waals surface area contributed by atoms with Crippen LogP contribution in [0.2, 0.25) is 0 Å². The average molecular weight is 759 g/mol. The Morgan fingerprint density at radius 1 is 0.764 bits per heavy atom. The SMILES string of the molecule is CN(C(=O)[C@@H](NC(=O)c1ccccc1C(=O)O)C1CCCCC1)[C@@H](CC1CC1)C(=O)NC(CC1CC1)C(=O)C(=O)NCC(=O)N[C@H](C(N)=O)c1ccccc1. The lowest BCUT2D eigenvalue weighted by atomic mass is 9.83. The lowest BCUT2D eigenvalue weighted by Crippen LogP contribution is -2.59. The van der Waals surface area contributed by atoms with Crippen LogP contribution in [0.4, 0.5) is 0 Å². The third-order valence-electron chi connectivity index (χ3n) is 10.7. The minimum absolute atomic E-state index is 0.0837. The molecule has 6 amide bonds. The van der Waals surface area contributed by atoms with Gasteiger partial charge in [-0.2, -0.15) is 0 Å². The number of nitrogens with two attached hydrogens (primary N) is 1. The third-order valence-corrected chi connectivity index (χ3v) is 10.7. The highest BCUT2D eigenvalue weighted by Gasteiger charge is 2.41. The molecule has 3 aliphatic carbocycles. The van der Waals surface area contributed by atoms with E-state index in [1.807, 2.05) is 0 Å². The van der Waals surface area contributed by atoms with Gasteiger partial charge in [0.2, 0.25) is 29.4 Å². The molecule has 3 aliphatic rings. The van der Waals surface area contributed by atoms with Crippen LogP contribution in [0, 0.1) is 17.8 Å². The van der Waals surface area contributed by atoms with E-state index in [0.717, 1.165) is 44.9 Å². The predicted octanol–water partition coefficient (Wildman–Crippen LogP) is 2.00. The summed E-state index contributed by atoms with van der Waals surface area (Å²) >= 11 is 0. The number of hydrogen-bond donors (Lipinski definition) is 6. The molecule has 2 aromatic carbocycles. The molecular weight excluding hydrogens is 708 g/mol. The summed E-state index contributed by atoms with van der Waals surface area (Å²) in [6.45, 7) is -0.627. The zero-order chi connectivity index (χ0) is 39.6. The number of hydrogen-bond acceptors (Lipinski definition) is 8. The molecule has 0 aliphatic heterocycles. The van der Waals surface area contributed by atoms with E-state index >= 15 is 0 Å². The zero-order valence-electron chi connectivity index (χ0n) is 31.0. The van der Waals surface area contributed by atoms with E-state index < -0.39 is 77.9 Å². The molecule has 294 valence electrons. The average Bonchev–Trinajstić information content (AvgIpc) is 4.14. The maximum absolute atomic E-state index is 14.4. The first kappa shape index (κ1) is 40.6. The molecule has 0 bridgehead atoms. The van der Waals surface area contributed by atoms with Crippen molar-refractivity contribution in [3.05, 3.63) is 71.3 Å². The van der Waals surface area contributed by atoms with Gasteiger partial charge in [-0.05, 0) is 61.1 Å². The number of aromatic carboxylic acids is 1. The molecule has 0 aromatic heterocycles. The van der Waals surface area contributed by atoms with Gasteiger partial charge in [0.05, 0.1) is 23.7 Å². The second-order valence-electron chi connectivity index (χ2n) is 14.9. The summed E-state index contributed by atoms with van der Waals surface area (Å²) in [4.78, 5) is 106. The molecule has 4 atom stereocenters. The van der Waals surface area contributed by atoms with Crippen molar-refractivity contribution in [2.45, 2.75) is 94.8 Å². The molecule has 15 nitrogen and oxygen atoms in total. The largest absolute Gasteiger partial charge is 0.478 e. The number of carbonyl (C=O) groups is 8. The van der Waals surface area contributed by atoms with Gasteiger partial charge in [0.15, 0.2) is 0 Å². The highest BCUT2D eigenvalue weighted by molar-refractivity contribution is 6.38. The fraction of sp³-hybridized carbons (Fsp3) is 0.500. The Hall–Kier alpha value is -5.60. The van der Waals surface area contributed by atoms with Crippen molar-refractivity contribution in [3.8, 4) is 0 Å². The lowest BCUT2D eigenvalue weighted by Gasteiger charge is -2.36. The van der Waals surface area contributed by atoms with Crippen LogP contribution in [-0.2, 0) is 28.8 Å². The van der Waals surface area contributed by atoms with Gasteiger partial charge in [0, 0.05) is 7.05 Å². The number of nitrogens with zero attached hydrogens (tertiary/aromatic N) is 1. The molecule has 55 heavy (non-hydrogen) atoms. The summed E-state index contributed by atoms with van der Waals surface area (Å²) in [5, 5.41) is 20.0. The number of carboxylic acid groups (broad SMARTS) is 1. The molecule has 3 saturated carbocycles. The van der Waals surface area contributed by atoms with Crippen molar-refractivity contribution >= 4 is 47.2 Å². The fourth-order valence-electron chi connectivity index (χ4n) is 7.19. The van der Waals surface area contributed by atoms with Gasteiger partial charge in [0.1, 0.15) is 18.1 Å². The van der Waals surface area contributed by atoms with Crippen LogP contribution < -0.4 is 27.0 Å². The molecule has 0 heterocycles. The van der Waals surface area contributed by atoms with Crippen molar-refractivity contribution in [1.82, 2.24) is 26.2 Å². The smallest absolute Gasteiger partial charge is 0.336 e. The molecule has 5 rings (SSSR count). The quantitative estimate of drug-likeness (QED) is 0.115. The number of ketones is 1. The molecule has 2 aromatic rings. The lowest BCUT2D eigenvalue weighted by molar-refractivity contribution is -0.144. The highest BCUT2D eigenvalue weighted by atomic mass is 16.4. The summed E-state index contributed by atoms with van der Waals surface area (Å²) in [5.41, 5.74) is 5.63. The molecule has 0 saturated heterocycles. The zero-order valence-corrected chi connectivity index (χ0v) is 31.0. The molecule has 15 heteroatoms. The minimum atomic E-state index is -1.28. The number of benzene rings is 2. The number of rotatable bonds is 19. The van der Waals surface area contributed by atoms with Crippen LogP contribution in [0.3, 0.4) is 0 Å². The first-order valence-electron chi connectivity index (χ1n) is 19.0. The molecule has 0 radical (unpaired) electrons. The number of Topliss-reactive ketones (excluding diaryl/α,β-unsaturated/α-hetero) is 1. The summed E-state index contributed by atoms with van der Waals surface area (Å²) in [6.07, 6.45) is 7.83. The highest BCUT2D eigenvalue weighted by Crippen LogP contribution is 2.36. The minimum Gasteiger partial charge on any atom is -0.478 e. The Labute approximate surface area is 319 Å². The maximum Gasteiger partial charge on any atom is 0.336 e. The van der Waals surface area contributed by atoms with Crippen LogP contribution in [0.1, 0.15) is 103 Å². The summed E-state index contributed by atoms with van der Waals surface area (Å²) in [6, 6.07) is 9.61. The van der Waals surface area contributed by atoms with Gasteiger partial charge in [-0.15, -0.1) is 0 Å². The van der Waals surface area contributed by atoms with Crippen LogP contribution >= 0.6 is 0 Å². The number of primary amides is 1. The van der Waals surface area contributed by atoms with E-state index in [4.69, 9.17) is 5.73 Å². The Bertz CT molecular complexity index is 1770. The van der Waals surface area contributed by atoms with Crippen molar-refractivity contribution in [3.63, 3.8) is 0 Å². The molecule has 3 fully saturated rings. The summed E-state index contributed by atoms with van der Waals surface area (Å²) < 4.78 is 0. The van der Waals surface area contributed by atoms with Gasteiger partial charge in [-0.3, -0.25) is 33.6 Å². The Morgan fingerprint density at radius 2 is 1.36 bits per heavy atom. The standard InChI is InChI=1S/C40H50N6O9/c1-46(39(53)33(26-12-6-3-7-13-26)45-36(50)27-14-8-9-15-28(27)40(54)55)30(21-24-18-19-24)37(51)43-29(20-23-16-17-23)34(48)38(52)42-22-31(47)44-32(35(41)49)25-10-4-2-5-11-25/h2,4-5,8-11,14-15,23-24,26,29-30,32-33H,3,6-7,12-13,16-22H2,1H3,(H2,41,49)(H,42,52)(H,43,51)(H,44,47)(H,45,50)(H,54,55)/t29?,30-,32-,33-/m0/s1. The van der Waals surface area contributed by atoms with E-state index in [1.165, 1.54) is 30.1 Å². The maximum atomic E-state index is 14.4. The predicted molar refractivity (Wildman–Crippen MR) is 199 cm³/mol. The van der Waals surface area contributed by atoms with E-state index in [9.17, 15) is 43.5 Å². The van der Waals surface area contributed by atoms with E-state index in [-0.39, 0.29) is 35.3 Å². The Kier molecular flexibility index (Phi) is 13.7. The van der Waals surface area contributed by atoms with Crippen molar-refractivity contribution in [2.75, 3.05) is 13.6 Å². The van der Waals surface area contributed by atoms with Crippen LogP contribution in [-0.4, -0.2) is 88.9 Å². The van der Waals surface area contributed by atoms with Gasteiger partial charge in [-0.25, -0.2) is 4.79 Å². The van der Waals surface area contributed by atoms with E-state index in [2.05, 4.69) is 21.3 Å². The number of carboxylic acids is 1. The topological polar surface area (TPSA) is 234 Å².